The molecule has 0 saturated heterocycles. The highest BCUT2D eigenvalue weighted by Crippen LogP contribution is 2.55. The summed E-state index contributed by atoms with van der Waals surface area (Å²) in [6, 6.07) is 32.3. The van der Waals surface area contributed by atoms with Gasteiger partial charge in [0.2, 0.25) is 5.43 Å². The van der Waals surface area contributed by atoms with Crippen molar-refractivity contribution in [2.75, 3.05) is 11.7 Å². The number of pyridine rings is 1. The van der Waals surface area contributed by atoms with Crippen molar-refractivity contribution in [2.24, 2.45) is 0 Å². The fraction of sp³-hybridized carbons (Fsp3) is 0.135. The van der Waals surface area contributed by atoms with Crippen LogP contribution in [0.3, 0.4) is 0 Å². The van der Waals surface area contributed by atoms with Gasteiger partial charge in [-0.2, -0.15) is 0 Å². The lowest BCUT2D eigenvalue weighted by atomic mass is 9.83. The Balaban J connectivity index is 1.35. The Bertz CT molecular complexity index is 2090. The molecule has 1 atom stereocenters. The zero-order valence-electron chi connectivity index (χ0n) is 24.1. The number of carbonyl (C=O) groups excluding carboxylic acids is 1. The number of fused-ring (bicyclic) bond motifs is 6. The molecule has 8 rings (SSSR count). The summed E-state index contributed by atoms with van der Waals surface area (Å²) in [5.74, 6) is -1.07. The average Bonchev–Trinajstić information content (AvgIpc) is 3.56. The molecule has 3 aliphatic rings. The first-order valence-corrected chi connectivity index (χ1v) is 15.2. The van der Waals surface area contributed by atoms with Gasteiger partial charge in [0, 0.05) is 17.8 Å². The Morgan fingerprint density at radius 1 is 0.844 bits per heavy atom. The third-order valence-electron chi connectivity index (χ3n) is 9.03. The van der Waals surface area contributed by atoms with Crippen molar-refractivity contribution >= 4 is 23.6 Å². The number of ether oxygens (including phenoxy) is 1. The minimum absolute atomic E-state index is 0.0180. The van der Waals surface area contributed by atoms with Gasteiger partial charge in [0.15, 0.2) is 11.4 Å². The second-order valence-electron chi connectivity index (χ2n) is 11.5. The predicted octanol–water partition coefficient (Wildman–Crippen LogP) is 6.67. The topological polar surface area (TPSA) is 54.8 Å². The van der Waals surface area contributed by atoms with Gasteiger partial charge in [-0.3, -0.25) is 19.3 Å². The molecule has 0 spiro atoms. The first-order valence-electron chi connectivity index (χ1n) is 14.8. The number of carbonyl (C=O) groups is 1. The van der Waals surface area contributed by atoms with Crippen molar-refractivity contribution in [3.05, 3.63) is 175 Å². The molecule has 0 radical (unpaired) electrons. The number of aromatic nitrogens is 1. The molecule has 1 amide bonds. The van der Waals surface area contributed by atoms with Crippen LogP contribution in [-0.2, 0) is 25.1 Å². The van der Waals surface area contributed by atoms with Crippen molar-refractivity contribution in [1.82, 2.24) is 9.58 Å². The van der Waals surface area contributed by atoms with E-state index in [1.807, 2.05) is 54.6 Å². The van der Waals surface area contributed by atoms with E-state index in [0.29, 0.717) is 0 Å². The molecule has 5 aromatic rings. The van der Waals surface area contributed by atoms with Crippen molar-refractivity contribution in [2.45, 2.75) is 25.1 Å². The van der Waals surface area contributed by atoms with E-state index >= 15 is 4.39 Å². The summed E-state index contributed by atoms with van der Waals surface area (Å²) >= 11 is 6.15. The van der Waals surface area contributed by atoms with Crippen LogP contribution >= 0.6 is 11.6 Å². The van der Waals surface area contributed by atoms with E-state index in [0.717, 1.165) is 34.2 Å². The van der Waals surface area contributed by atoms with Crippen LogP contribution in [0.5, 0.6) is 5.75 Å². The lowest BCUT2D eigenvalue weighted by molar-refractivity contribution is 0.0647. The van der Waals surface area contributed by atoms with Gasteiger partial charge >= 0.3 is 0 Å². The van der Waals surface area contributed by atoms with Gasteiger partial charge in [-0.1, -0.05) is 109 Å². The highest BCUT2D eigenvalue weighted by Gasteiger charge is 2.55. The molecule has 0 N–H and O–H groups in total. The minimum Gasteiger partial charge on any atom is -0.482 e. The highest BCUT2D eigenvalue weighted by molar-refractivity contribution is 6.30. The van der Waals surface area contributed by atoms with E-state index in [4.69, 9.17) is 16.3 Å². The van der Waals surface area contributed by atoms with Crippen LogP contribution < -0.4 is 15.2 Å². The Hall–Kier alpha value is -5.14. The van der Waals surface area contributed by atoms with E-state index < -0.39 is 22.7 Å². The monoisotopic (exact) mass is 615 g/mol. The normalized spacial score (nSPS) is 17.8. The second-order valence-corrected chi connectivity index (χ2v) is 11.9. The van der Waals surface area contributed by atoms with E-state index in [1.54, 1.807) is 27.9 Å². The van der Waals surface area contributed by atoms with Gasteiger partial charge in [-0.15, -0.1) is 0 Å². The molecule has 1 unspecified atom stereocenters. The molecule has 8 heteroatoms. The van der Waals surface area contributed by atoms with Crippen LogP contribution in [-0.4, -0.2) is 22.2 Å². The number of amides is 1. The second kappa shape index (κ2) is 10.5. The minimum atomic E-state index is -0.778. The largest absolute Gasteiger partial charge is 0.482 e. The van der Waals surface area contributed by atoms with Gasteiger partial charge in [0.1, 0.15) is 24.6 Å². The summed E-state index contributed by atoms with van der Waals surface area (Å²) in [6.07, 6.45) is 4.60. The number of rotatable bonds is 6. The first kappa shape index (κ1) is 27.4. The number of hydrogen-bond acceptors (Lipinski definition) is 4. The van der Waals surface area contributed by atoms with Crippen molar-refractivity contribution in [1.29, 1.82) is 0 Å². The van der Waals surface area contributed by atoms with Gasteiger partial charge in [-0.25, -0.2) is 4.39 Å². The molecular weight excluding hydrogens is 589 g/mol. The molecular formula is C37H27ClFN3O3. The lowest BCUT2D eigenvalue weighted by Gasteiger charge is -2.49. The van der Waals surface area contributed by atoms with Crippen molar-refractivity contribution in [3.8, 4) is 5.75 Å². The van der Waals surface area contributed by atoms with E-state index in [9.17, 15) is 9.59 Å². The number of nitrogens with zero attached hydrogens (tertiary/aromatic N) is 3. The molecule has 1 aliphatic heterocycles. The Morgan fingerprint density at radius 3 is 2.44 bits per heavy atom. The molecule has 2 heterocycles. The molecule has 4 aromatic carbocycles. The summed E-state index contributed by atoms with van der Waals surface area (Å²) in [5.41, 5.74) is 5.65. The van der Waals surface area contributed by atoms with Crippen LogP contribution in [0, 0.1) is 5.82 Å². The molecule has 1 aromatic heterocycles. The number of halogens is 2. The third kappa shape index (κ3) is 4.15. The van der Waals surface area contributed by atoms with Gasteiger partial charge in [-0.05, 0) is 45.9 Å². The molecule has 222 valence electrons. The average molecular weight is 616 g/mol. The van der Waals surface area contributed by atoms with Crippen LogP contribution in [0.1, 0.15) is 43.9 Å². The zero-order chi connectivity index (χ0) is 30.7. The van der Waals surface area contributed by atoms with Crippen LogP contribution in [0.4, 0.5) is 4.39 Å². The van der Waals surface area contributed by atoms with Gasteiger partial charge in [0.05, 0.1) is 11.6 Å². The molecule has 0 saturated carbocycles. The van der Waals surface area contributed by atoms with Crippen LogP contribution in [0.25, 0.3) is 6.08 Å². The van der Waals surface area contributed by atoms with E-state index in [-0.39, 0.29) is 41.8 Å². The summed E-state index contributed by atoms with van der Waals surface area (Å²) in [5, 5.41) is 2.10. The Kier molecular flexibility index (Phi) is 6.39. The SMILES string of the molecule is O=C1c2c(OCc3ccccc3)c(=O)ccn2N(C23C(=Cc4ccccc42)Cc2ccccc23)CN1Cc1cccc(Cl)c1F. The standard InChI is InChI=1S/C37H27ClFN3O3/c38-31-16-8-13-27(33(31)39)21-40-23-42(37-28(19-25-11-4-6-14-29(25)37)20-26-12-5-7-15-30(26)37)41-18-17-32(43)35(34(41)36(40)44)45-22-24-9-2-1-3-10-24/h1-19H,20-23H2. The van der Waals surface area contributed by atoms with Crippen LogP contribution in [0.2, 0.25) is 5.02 Å². The molecule has 0 fully saturated rings. The molecule has 0 bridgehead atoms. The maximum atomic E-state index is 15.3. The van der Waals surface area contributed by atoms with Crippen molar-refractivity contribution in [3.63, 3.8) is 0 Å². The fourth-order valence-electron chi connectivity index (χ4n) is 7.08. The first-order chi connectivity index (χ1) is 22.0. The fourth-order valence-corrected chi connectivity index (χ4v) is 7.27. The third-order valence-corrected chi connectivity index (χ3v) is 9.32. The Morgan fingerprint density at radius 2 is 1.60 bits per heavy atom. The quantitative estimate of drug-likeness (QED) is 0.214. The maximum absolute atomic E-state index is 15.3. The molecule has 45 heavy (non-hydrogen) atoms. The van der Waals surface area contributed by atoms with E-state index in [2.05, 4.69) is 35.4 Å². The lowest BCUT2D eigenvalue weighted by Crippen LogP contribution is -2.62. The van der Waals surface area contributed by atoms with Crippen molar-refractivity contribution < 1.29 is 13.9 Å². The predicted molar refractivity (Wildman–Crippen MR) is 171 cm³/mol. The zero-order valence-corrected chi connectivity index (χ0v) is 24.9. The summed E-state index contributed by atoms with van der Waals surface area (Å²) < 4.78 is 23.2. The Labute approximate surface area is 264 Å². The van der Waals surface area contributed by atoms with Gasteiger partial charge < -0.3 is 9.64 Å². The summed E-state index contributed by atoms with van der Waals surface area (Å²) in [7, 11) is 0. The summed E-state index contributed by atoms with van der Waals surface area (Å²) in [4.78, 5) is 29.5. The summed E-state index contributed by atoms with van der Waals surface area (Å²) in [6.45, 7) is 0.158. The van der Waals surface area contributed by atoms with Crippen LogP contribution in [0.15, 0.2) is 120 Å². The number of hydrogen-bond donors (Lipinski definition) is 0. The van der Waals surface area contributed by atoms with Gasteiger partial charge in [0.25, 0.3) is 5.91 Å². The van der Waals surface area contributed by atoms with E-state index in [1.165, 1.54) is 17.7 Å². The molecule has 6 nitrogen and oxygen atoms in total. The highest BCUT2D eigenvalue weighted by atomic mass is 35.5. The molecule has 2 aliphatic carbocycles. The smallest absolute Gasteiger partial charge is 0.278 e. The maximum Gasteiger partial charge on any atom is 0.278 e. The number of benzene rings is 4.